The first kappa shape index (κ1) is 30.8. The van der Waals surface area contributed by atoms with Crippen LogP contribution in [0.4, 0.5) is 24.5 Å². The highest BCUT2D eigenvalue weighted by molar-refractivity contribution is 6.31. The van der Waals surface area contributed by atoms with Gasteiger partial charge in [-0.1, -0.05) is 56.6 Å². The molecule has 0 aliphatic heterocycles. The lowest BCUT2D eigenvalue weighted by Crippen LogP contribution is -2.27. The number of amides is 2. The van der Waals surface area contributed by atoms with E-state index in [1.807, 2.05) is 18.2 Å². The molecule has 44 heavy (non-hydrogen) atoms. The molecule has 0 fully saturated rings. The van der Waals surface area contributed by atoms with Crippen LogP contribution in [0.2, 0.25) is 5.02 Å². The molecular formula is C34H29ClF3N3O3. The quantitative estimate of drug-likeness (QED) is 0.213. The molecule has 226 valence electrons. The van der Waals surface area contributed by atoms with Crippen molar-refractivity contribution < 1.29 is 27.2 Å². The normalized spacial score (nSPS) is 11.9. The van der Waals surface area contributed by atoms with Gasteiger partial charge in [-0.2, -0.15) is 13.2 Å². The zero-order valence-electron chi connectivity index (χ0n) is 24.6. The molecule has 2 amide bonds. The van der Waals surface area contributed by atoms with Crippen molar-refractivity contribution >= 4 is 45.9 Å². The van der Waals surface area contributed by atoms with Crippen LogP contribution in [0, 0.1) is 6.92 Å². The maximum atomic E-state index is 13.8. The van der Waals surface area contributed by atoms with Crippen LogP contribution in [0.1, 0.15) is 58.2 Å². The minimum absolute atomic E-state index is 0.0849. The number of halogens is 4. The third-order valence-electron chi connectivity index (χ3n) is 7.32. The molecule has 4 aromatic carbocycles. The molecule has 0 saturated heterocycles. The number of alkyl halides is 3. The average molecular weight is 620 g/mol. The van der Waals surface area contributed by atoms with Crippen molar-refractivity contribution in [2.75, 3.05) is 17.3 Å². The summed E-state index contributed by atoms with van der Waals surface area (Å²) in [4.78, 5) is 33.0. The lowest BCUT2D eigenvalue weighted by molar-refractivity contribution is -0.137. The smallest absolute Gasteiger partial charge is 0.417 e. The molecule has 6 nitrogen and oxygen atoms in total. The summed E-state index contributed by atoms with van der Waals surface area (Å²) < 4.78 is 47.0. The fourth-order valence-corrected chi connectivity index (χ4v) is 5.02. The van der Waals surface area contributed by atoms with Crippen molar-refractivity contribution in [2.24, 2.45) is 0 Å². The molecule has 1 N–H and O–H groups in total. The molecule has 10 heteroatoms. The van der Waals surface area contributed by atoms with Gasteiger partial charge in [-0.05, 0) is 78.1 Å². The molecule has 0 aliphatic carbocycles. The van der Waals surface area contributed by atoms with Crippen molar-refractivity contribution in [3.05, 3.63) is 112 Å². The second kappa shape index (κ2) is 11.5. The molecule has 0 aliphatic rings. The molecule has 5 rings (SSSR count). The van der Waals surface area contributed by atoms with E-state index in [9.17, 15) is 22.8 Å². The van der Waals surface area contributed by atoms with E-state index in [1.54, 1.807) is 38.2 Å². The van der Waals surface area contributed by atoms with E-state index in [4.69, 9.17) is 16.0 Å². The average Bonchev–Trinajstić information content (AvgIpc) is 3.41. The van der Waals surface area contributed by atoms with E-state index >= 15 is 0 Å². The van der Waals surface area contributed by atoms with Gasteiger partial charge in [-0.3, -0.25) is 9.59 Å². The van der Waals surface area contributed by atoms with Crippen LogP contribution >= 0.6 is 11.6 Å². The van der Waals surface area contributed by atoms with Gasteiger partial charge in [0.2, 0.25) is 5.89 Å². The Labute approximate surface area is 257 Å². The summed E-state index contributed by atoms with van der Waals surface area (Å²) in [5, 5.41) is 3.02. The molecule has 0 saturated carbocycles. The number of carbonyl (C=O) groups excluding carboxylic acids is 2. The van der Waals surface area contributed by atoms with E-state index in [-0.39, 0.29) is 22.6 Å². The van der Waals surface area contributed by atoms with Crippen molar-refractivity contribution in [1.82, 2.24) is 4.98 Å². The molecule has 1 aromatic heterocycles. The van der Waals surface area contributed by atoms with Crippen LogP contribution in [-0.2, 0) is 11.6 Å². The van der Waals surface area contributed by atoms with Gasteiger partial charge in [-0.25, -0.2) is 4.98 Å². The summed E-state index contributed by atoms with van der Waals surface area (Å²) in [7, 11) is 1.58. The summed E-state index contributed by atoms with van der Waals surface area (Å²) in [6.07, 6.45) is -4.74. The van der Waals surface area contributed by atoms with Gasteiger partial charge in [0.1, 0.15) is 5.52 Å². The van der Waals surface area contributed by atoms with Gasteiger partial charge in [0.05, 0.1) is 11.1 Å². The number of anilines is 2. The van der Waals surface area contributed by atoms with Gasteiger partial charge < -0.3 is 14.6 Å². The highest BCUT2D eigenvalue weighted by atomic mass is 35.5. The third-order valence-corrected chi connectivity index (χ3v) is 7.73. The fourth-order valence-electron chi connectivity index (χ4n) is 4.85. The summed E-state index contributed by atoms with van der Waals surface area (Å²) in [6.45, 7) is 8.02. The number of hydrogen-bond donors (Lipinski definition) is 1. The van der Waals surface area contributed by atoms with Crippen molar-refractivity contribution in [1.29, 1.82) is 0 Å². The Bertz CT molecular complexity index is 1910. The van der Waals surface area contributed by atoms with Crippen LogP contribution in [0.5, 0.6) is 0 Å². The van der Waals surface area contributed by atoms with Gasteiger partial charge in [0.15, 0.2) is 5.58 Å². The first-order chi connectivity index (χ1) is 20.6. The maximum Gasteiger partial charge on any atom is 0.417 e. The Hall–Kier alpha value is -4.63. The predicted octanol–water partition coefficient (Wildman–Crippen LogP) is 9.30. The number of oxazole rings is 1. The second-order valence-corrected chi connectivity index (χ2v) is 11.9. The van der Waals surface area contributed by atoms with Gasteiger partial charge in [0, 0.05) is 34.6 Å². The topological polar surface area (TPSA) is 75.4 Å². The molecule has 0 atom stereocenters. The second-order valence-electron chi connectivity index (χ2n) is 11.5. The zero-order valence-corrected chi connectivity index (χ0v) is 25.4. The van der Waals surface area contributed by atoms with Gasteiger partial charge >= 0.3 is 6.18 Å². The number of rotatable bonds is 5. The molecular weight excluding hydrogens is 591 g/mol. The monoisotopic (exact) mass is 619 g/mol. The van der Waals surface area contributed by atoms with E-state index < -0.39 is 29.1 Å². The first-order valence-corrected chi connectivity index (χ1v) is 14.1. The zero-order chi connectivity index (χ0) is 32.0. The van der Waals surface area contributed by atoms with Crippen LogP contribution in [0.3, 0.4) is 0 Å². The molecule has 0 bridgehead atoms. The van der Waals surface area contributed by atoms with E-state index in [2.05, 4.69) is 31.1 Å². The lowest BCUT2D eigenvalue weighted by atomic mass is 9.87. The fraction of sp³-hybridized carbons (Fsp3) is 0.206. The number of nitrogens with one attached hydrogen (secondary N) is 1. The van der Waals surface area contributed by atoms with Gasteiger partial charge in [-0.15, -0.1) is 0 Å². The Kier molecular flexibility index (Phi) is 8.03. The number of benzene rings is 4. The highest BCUT2D eigenvalue weighted by Gasteiger charge is 2.35. The van der Waals surface area contributed by atoms with Crippen molar-refractivity contribution in [2.45, 2.75) is 39.3 Å². The molecule has 1 heterocycles. The number of fused-ring (bicyclic) bond motifs is 1. The first-order valence-electron chi connectivity index (χ1n) is 13.7. The van der Waals surface area contributed by atoms with Crippen LogP contribution < -0.4 is 10.2 Å². The van der Waals surface area contributed by atoms with E-state index in [1.165, 1.54) is 29.2 Å². The molecule has 0 spiro atoms. The summed E-state index contributed by atoms with van der Waals surface area (Å²) in [5.41, 5.74) is 2.22. The van der Waals surface area contributed by atoms with Crippen LogP contribution in [0.15, 0.2) is 83.3 Å². The van der Waals surface area contributed by atoms with Crippen molar-refractivity contribution in [3.63, 3.8) is 0 Å². The number of carbonyl (C=O) groups is 2. The Morgan fingerprint density at radius 3 is 2.36 bits per heavy atom. The van der Waals surface area contributed by atoms with E-state index in [0.29, 0.717) is 32.9 Å². The largest absolute Gasteiger partial charge is 0.436 e. The lowest BCUT2D eigenvalue weighted by Gasteiger charge is -2.21. The summed E-state index contributed by atoms with van der Waals surface area (Å²) in [5.74, 6) is -1.26. The summed E-state index contributed by atoms with van der Waals surface area (Å²) in [6, 6.07) is 19.8. The Morgan fingerprint density at radius 1 is 0.932 bits per heavy atom. The Balaban J connectivity index is 1.60. The minimum Gasteiger partial charge on any atom is -0.436 e. The molecule has 5 aromatic rings. The maximum absolute atomic E-state index is 13.8. The summed E-state index contributed by atoms with van der Waals surface area (Å²) >= 11 is 6.29. The number of aromatic nitrogens is 1. The minimum atomic E-state index is -4.74. The molecule has 0 radical (unpaired) electrons. The number of nitrogens with zero attached hydrogens (tertiary/aromatic N) is 2. The van der Waals surface area contributed by atoms with Gasteiger partial charge in [0.25, 0.3) is 11.8 Å². The van der Waals surface area contributed by atoms with Crippen molar-refractivity contribution in [3.8, 4) is 11.5 Å². The highest BCUT2D eigenvalue weighted by Crippen LogP contribution is 2.34. The van der Waals surface area contributed by atoms with Crippen LogP contribution in [0.25, 0.3) is 22.6 Å². The predicted molar refractivity (Wildman–Crippen MR) is 166 cm³/mol. The SMILES string of the molecule is Cc1c(Cl)cccc1N(C)C(=O)c1cc(NC(=O)c2ccccc2C(F)(F)F)cc(-c2nc3cc(C(C)(C)C)ccc3o2)c1. The third kappa shape index (κ3) is 6.19. The van der Waals surface area contributed by atoms with E-state index in [0.717, 1.165) is 17.7 Å². The standard InChI is InChI=1S/C34H29ClF3N3O3/c1-19-26(35)11-8-12-28(19)41(5)32(43)21-15-20(31-40-27-18-22(33(2,3)4)13-14-29(27)44-31)16-23(17-21)39-30(42)24-9-6-7-10-25(24)34(36,37)38/h6-18H,1-5H3,(H,39,42). The number of hydrogen-bond acceptors (Lipinski definition) is 4. The van der Waals surface area contributed by atoms with Crippen LogP contribution in [-0.4, -0.2) is 23.8 Å². The Morgan fingerprint density at radius 2 is 1.66 bits per heavy atom. The molecule has 0 unspecified atom stereocenters.